The maximum Gasteiger partial charge on any atom is 0.164 e. The normalized spacial score (nSPS) is 11.4. The zero-order chi connectivity index (χ0) is 47.1. The molecule has 0 aliphatic rings. The Morgan fingerprint density at radius 1 is 0.225 bits per heavy atom. The predicted molar refractivity (Wildman–Crippen MR) is 289 cm³/mol. The fraction of sp³-hybridized carbons (Fsp3) is 0. The number of fused-ring (bicyclic) bond motifs is 5. The maximum atomic E-state index is 6.38. The van der Waals surface area contributed by atoms with Gasteiger partial charge in [-0.3, -0.25) is 0 Å². The second kappa shape index (κ2) is 17.8. The Bertz CT molecular complexity index is 4010. The van der Waals surface area contributed by atoms with E-state index in [1.165, 1.54) is 5.39 Å². The van der Waals surface area contributed by atoms with E-state index >= 15 is 0 Å². The van der Waals surface area contributed by atoms with Gasteiger partial charge in [0, 0.05) is 44.2 Å². The molecule has 332 valence electrons. The minimum Gasteiger partial charge on any atom is -0.456 e. The van der Waals surface area contributed by atoms with Crippen LogP contribution in [0, 0.1) is 0 Å². The summed E-state index contributed by atoms with van der Waals surface area (Å²) in [5, 5.41) is 4.49. The summed E-state index contributed by atoms with van der Waals surface area (Å²) in [4.78, 5) is 25.9. The molecule has 0 aliphatic heterocycles. The first-order chi connectivity index (χ1) is 35.1. The molecule has 0 spiro atoms. The Morgan fingerprint density at radius 3 is 1.17 bits per heavy atom. The standard InChI is InChI=1S/C65H41N5O/c1-4-16-42(17-5-1)46-23-13-28-52(37-46)63-68-64(53-29-14-24-47(38-53)43-18-6-2-7-19-43)70-65(69-63)54-30-15-26-49(39-54)48-25-12-27-50(36-48)57-41-58(67-62(66-57)45-21-8-3-9-22-45)51-33-34-59-56(40-51)61-55-31-11-10-20-44(55)32-35-60(61)71-59/h1-41H. The zero-order valence-electron chi connectivity index (χ0n) is 38.3. The lowest BCUT2D eigenvalue weighted by Crippen LogP contribution is -2.00. The van der Waals surface area contributed by atoms with Crippen molar-refractivity contribution in [2.75, 3.05) is 0 Å². The third-order valence-electron chi connectivity index (χ3n) is 13.1. The highest BCUT2D eigenvalue weighted by Gasteiger charge is 2.18. The SMILES string of the molecule is c1ccc(-c2cccc(-c3nc(-c4cccc(-c5ccccc5)c4)nc(-c4cccc(-c5cccc(-c6cc(-c7ccc8oc9ccc%10ccccc%10c9c8c7)nc(-c7ccccc7)n6)c5)c4)n3)c2)cc1. The van der Waals surface area contributed by atoms with E-state index in [9.17, 15) is 0 Å². The van der Waals surface area contributed by atoms with Crippen LogP contribution in [-0.4, -0.2) is 24.9 Å². The van der Waals surface area contributed by atoms with E-state index in [2.05, 4.69) is 218 Å². The molecule has 0 saturated heterocycles. The molecule has 0 N–H and O–H groups in total. The Morgan fingerprint density at radius 2 is 0.620 bits per heavy atom. The third-order valence-corrected chi connectivity index (χ3v) is 13.1. The summed E-state index contributed by atoms with van der Waals surface area (Å²) in [7, 11) is 0. The van der Waals surface area contributed by atoms with Crippen LogP contribution in [0.3, 0.4) is 0 Å². The van der Waals surface area contributed by atoms with Gasteiger partial charge in [-0.05, 0) is 98.8 Å². The Balaban J connectivity index is 0.907. The molecule has 13 rings (SSSR count). The zero-order valence-corrected chi connectivity index (χ0v) is 38.3. The molecule has 10 aromatic carbocycles. The predicted octanol–water partition coefficient (Wildman–Crippen LogP) is 16.7. The number of rotatable bonds is 9. The molecule has 6 nitrogen and oxygen atoms in total. The Labute approximate surface area is 410 Å². The molecule has 0 atom stereocenters. The smallest absolute Gasteiger partial charge is 0.164 e. The minimum atomic E-state index is 0.585. The summed E-state index contributed by atoms with van der Waals surface area (Å²) in [6, 6.07) is 85.8. The van der Waals surface area contributed by atoms with Crippen LogP contribution in [0.5, 0.6) is 0 Å². The van der Waals surface area contributed by atoms with E-state index in [1.807, 2.05) is 30.3 Å². The van der Waals surface area contributed by atoms with Crippen LogP contribution in [0.15, 0.2) is 253 Å². The molecule has 3 heterocycles. The summed E-state index contributed by atoms with van der Waals surface area (Å²) in [5.74, 6) is 2.43. The van der Waals surface area contributed by atoms with Crippen LogP contribution >= 0.6 is 0 Å². The van der Waals surface area contributed by atoms with Crippen LogP contribution in [0.2, 0.25) is 0 Å². The van der Waals surface area contributed by atoms with Crippen LogP contribution in [0.4, 0.5) is 0 Å². The number of hydrogen-bond acceptors (Lipinski definition) is 6. The summed E-state index contributed by atoms with van der Waals surface area (Å²) < 4.78 is 6.38. The summed E-state index contributed by atoms with van der Waals surface area (Å²) >= 11 is 0. The van der Waals surface area contributed by atoms with Gasteiger partial charge in [-0.1, -0.05) is 194 Å². The number of aromatic nitrogens is 5. The molecule has 0 aliphatic carbocycles. The maximum absolute atomic E-state index is 6.38. The first-order valence-corrected chi connectivity index (χ1v) is 23.7. The van der Waals surface area contributed by atoms with Crippen molar-refractivity contribution < 1.29 is 4.42 Å². The average molecular weight is 908 g/mol. The molecular formula is C65H41N5O. The van der Waals surface area contributed by atoms with Crippen LogP contribution in [0.25, 0.3) is 134 Å². The minimum absolute atomic E-state index is 0.585. The van der Waals surface area contributed by atoms with Crippen molar-refractivity contribution in [2.24, 2.45) is 0 Å². The fourth-order valence-electron chi connectivity index (χ4n) is 9.56. The highest BCUT2D eigenvalue weighted by atomic mass is 16.3. The topological polar surface area (TPSA) is 77.6 Å². The highest BCUT2D eigenvalue weighted by molar-refractivity contribution is 6.19. The molecule has 0 radical (unpaired) electrons. The summed E-state index contributed by atoms with van der Waals surface area (Å²) in [6.45, 7) is 0. The van der Waals surface area contributed by atoms with Crippen molar-refractivity contribution in [3.05, 3.63) is 249 Å². The molecule has 0 bridgehead atoms. The van der Waals surface area contributed by atoms with Crippen molar-refractivity contribution in [3.8, 4) is 101 Å². The number of furan rings is 1. The number of nitrogens with zero attached hydrogens (tertiary/aromatic N) is 5. The summed E-state index contributed by atoms with van der Waals surface area (Å²) in [6.07, 6.45) is 0. The monoisotopic (exact) mass is 907 g/mol. The van der Waals surface area contributed by atoms with Gasteiger partial charge in [0.05, 0.1) is 11.4 Å². The van der Waals surface area contributed by atoms with Crippen molar-refractivity contribution in [1.29, 1.82) is 0 Å². The van der Waals surface area contributed by atoms with Gasteiger partial charge in [0.15, 0.2) is 23.3 Å². The van der Waals surface area contributed by atoms with Gasteiger partial charge in [-0.15, -0.1) is 0 Å². The van der Waals surface area contributed by atoms with Crippen molar-refractivity contribution in [2.45, 2.75) is 0 Å². The van der Waals surface area contributed by atoms with Gasteiger partial charge < -0.3 is 4.42 Å². The van der Waals surface area contributed by atoms with Gasteiger partial charge in [-0.2, -0.15) is 0 Å². The lowest BCUT2D eigenvalue weighted by molar-refractivity contribution is 0.669. The Hall–Kier alpha value is -9.65. The van der Waals surface area contributed by atoms with Gasteiger partial charge in [-0.25, -0.2) is 24.9 Å². The third kappa shape index (κ3) is 8.09. The van der Waals surface area contributed by atoms with Gasteiger partial charge in [0.1, 0.15) is 11.2 Å². The molecule has 6 heteroatoms. The average Bonchev–Trinajstić information content (AvgIpc) is 3.84. The van der Waals surface area contributed by atoms with Crippen LogP contribution in [-0.2, 0) is 0 Å². The molecule has 13 aromatic rings. The lowest BCUT2D eigenvalue weighted by Gasteiger charge is -2.12. The number of hydrogen-bond donors (Lipinski definition) is 0. The van der Waals surface area contributed by atoms with Crippen molar-refractivity contribution >= 4 is 32.7 Å². The van der Waals surface area contributed by atoms with Crippen LogP contribution in [0.1, 0.15) is 0 Å². The van der Waals surface area contributed by atoms with Crippen molar-refractivity contribution in [1.82, 2.24) is 24.9 Å². The van der Waals surface area contributed by atoms with Crippen molar-refractivity contribution in [3.63, 3.8) is 0 Å². The van der Waals surface area contributed by atoms with E-state index in [0.29, 0.717) is 23.3 Å². The molecule has 0 fully saturated rings. The van der Waals surface area contributed by atoms with E-state index in [4.69, 9.17) is 29.3 Å². The van der Waals surface area contributed by atoms with Gasteiger partial charge in [0.2, 0.25) is 0 Å². The highest BCUT2D eigenvalue weighted by Crippen LogP contribution is 2.39. The lowest BCUT2D eigenvalue weighted by atomic mass is 9.98. The van der Waals surface area contributed by atoms with E-state index in [-0.39, 0.29) is 0 Å². The quantitative estimate of drug-likeness (QED) is 0.144. The molecular weight excluding hydrogens is 867 g/mol. The van der Waals surface area contributed by atoms with E-state index in [1.54, 1.807) is 0 Å². The van der Waals surface area contributed by atoms with Gasteiger partial charge >= 0.3 is 0 Å². The van der Waals surface area contributed by atoms with E-state index in [0.717, 1.165) is 105 Å². The second-order valence-corrected chi connectivity index (χ2v) is 17.7. The molecule has 71 heavy (non-hydrogen) atoms. The molecule has 0 unspecified atom stereocenters. The molecule has 3 aromatic heterocycles. The molecule has 0 amide bonds. The summed E-state index contributed by atoms with van der Waals surface area (Å²) in [5.41, 5.74) is 15.4. The first-order valence-electron chi connectivity index (χ1n) is 23.7. The number of benzene rings is 10. The van der Waals surface area contributed by atoms with Crippen LogP contribution < -0.4 is 0 Å². The van der Waals surface area contributed by atoms with E-state index < -0.39 is 0 Å². The first kappa shape index (κ1) is 41.5. The second-order valence-electron chi connectivity index (χ2n) is 17.7. The van der Waals surface area contributed by atoms with Gasteiger partial charge in [0.25, 0.3) is 0 Å². The largest absolute Gasteiger partial charge is 0.456 e. The Kier molecular flexibility index (Phi) is 10.4. The molecule has 0 saturated carbocycles. The fourth-order valence-corrected chi connectivity index (χ4v) is 9.56.